The molecule has 0 N–H and O–H groups in total. The minimum Gasteiger partial charge on any atom is -0.426 e. The Kier molecular flexibility index (Phi) is 5.77. The van der Waals surface area contributed by atoms with Crippen molar-refractivity contribution in [2.75, 3.05) is 11.4 Å². The summed E-state index contributed by atoms with van der Waals surface area (Å²) in [5.74, 6) is -1.99. The van der Waals surface area contributed by atoms with Gasteiger partial charge in [0.1, 0.15) is 5.75 Å². The molecule has 2 aromatic carbocycles. The van der Waals surface area contributed by atoms with Crippen molar-refractivity contribution < 1.29 is 23.9 Å². The zero-order valence-corrected chi connectivity index (χ0v) is 18.9. The summed E-state index contributed by atoms with van der Waals surface area (Å²) in [4.78, 5) is 54.1. The summed E-state index contributed by atoms with van der Waals surface area (Å²) in [6, 6.07) is 16.0. The average Bonchev–Trinajstić information content (AvgIpc) is 3.37. The van der Waals surface area contributed by atoms with E-state index in [0.29, 0.717) is 18.5 Å². The highest BCUT2D eigenvalue weighted by atomic mass is 16.5. The molecule has 4 atom stereocenters. The smallest absolute Gasteiger partial charge is 0.316 e. The summed E-state index contributed by atoms with van der Waals surface area (Å²) in [6.45, 7) is 2.23. The molecule has 2 fully saturated rings. The number of hydrogen-bond donors (Lipinski definition) is 0. The van der Waals surface area contributed by atoms with E-state index in [1.807, 2.05) is 49.4 Å². The normalized spacial score (nSPS) is 25.0. The van der Waals surface area contributed by atoms with E-state index in [1.54, 1.807) is 29.2 Å². The zero-order chi connectivity index (χ0) is 23.8. The first-order chi connectivity index (χ1) is 16.4. The van der Waals surface area contributed by atoms with Gasteiger partial charge in [0.25, 0.3) is 0 Å². The van der Waals surface area contributed by atoms with Crippen LogP contribution in [0.25, 0.3) is 0 Å². The van der Waals surface area contributed by atoms with Crippen LogP contribution in [0.2, 0.25) is 0 Å². The Morgan fingerprint density at radius 3 is 2.29 bits per heavy atom. The molecule has 2 aromatic rings. The Morgan fingerprint density at radius 2 is 1.62 bits per heavy atom. The second-order valence-electron chi connectivity index (χ2n) is 9.12. The maximum absolute atomic E-state index is 12.9. The second kappa shape index (κ2) is 8.89. The second-order valence-corrected chi connectivity index (χ2v) is 9.12. The third-order valence-corrected chi connectivity index (χ3v) is 7.04. The van der Waals surface area contributed by atoms with Crippen LogP contribution in [-0.4, -0.2) is 35.1 Å². The first-order valence-corrected chi connectivity index (χ1v) is 11.6. The van der Waals surface area contributed by atoms with Crippen LogP contribution in [0.4, 0.5) is 5.69 Å². The number of allylic oxidation sites excluding steroid dienone is 2. The summed E-state index contributed by atoms with van der Waals surface area (Å²) >= 11 is 0. The Bertz CT molecular complexity index is 1150. The van der Waals surface area contributed by atoms with Gasteiger partial charge in [-0.2, -0.15) is 0 Å². The molecule has 0 radical (unpaired) electrons. The topological polar surface area (TPSA) is 84.0 Å². The average molecular weight is 459 g/mol. The van der Waals surface area contributed by atoms with Crippen molar-refractivity contribution in [3.63, 3.8) is 0 Å². The molecule has 174 valence electrons. The van der Waals surface area contributed by atoms with E-state index in [0.717, 1.165) is 5.56 Å². The minimum atomic E-state index is -0.577. The predicted molar refractivity (Wildman–Crippen MR) is 125 cm³/mol. The first-order valence-electron chi connectivity index (χ1n) is 11.6. The molecule has 0 unspecified atom stereocenters. The number of esters is 1. The number of fused-ring (bicyclic) bond motifs is 1. The van der Waals surface area contributed by atoms with Crippen LogP contribution in [0, 0.1) is 17.8 Å². The van der Waals surface area contributed by atoms with Crippen LogP contribution in [0.5, 0.6) is 5.75 Å². The molecule has 0 bridgehead atoms. The Hall–Kier alpha value is -3.74. The van der Waals surface area contributed by atoms with Gasteiger partial charge >= 0.3 is 5.97 Å². The third kappa shape index (κ3) is 3.91. The maximum atomic E-state index is 12.9. The van der Waals surface area contributed by atoms with E-state index in [-0.39, 0.29) is 54.3 Å². The Labute approximate surface area is 198 Å². The van der Waals surface area contributed by atoms with Gasteiger partial charge in [-0.1, -0.05) is 48.6 Å². The summed E-state index contributed by atoms with van der Waals surface area (Å²) < 4.78 is 5.59. The lowest BCUT2D eigenvalue weighted by atomic mass is 9.85. The third-order valence-electron chi connectivity index (χ3n) is 7.04. The fourth-order valence-corrected chi connectivity index (χ4v) is 5.12. The molecular formula is C27H26N2O5. The molecule has 2 heterocycles. The lowest BCUT2D eigenvalue weighted by Crippen LogP contribution is -2.31. The summed E-state index contributed by atoms with van der Waals surface area (Å²) in [7, 11) is 0. The number of amides is 3. The summed E-state index contributed by atoms with van der Waals surface area (Å²) in [5, 5.41) is 0. The summed E-state index contributed by atoms with van der Waals surface area (Å²) in [5.41, 5.74) is 1.41. The minimum absolute atomic E-state index is 0.0865. The molecule has 3 aliphatic rings. The quantitative estimate of drug-likeness (QED) is 0.296. The van der Waals surface area contributed by atoms with Gasteiger partial charge in [-0.3, -0.25) is 19.2 Å². The fraction of sp³-hybridized carbons (Fsp3) is 0.333. The standard InChI is InChI=1S/C27H26N2O5/c1-17(18-8-3-2-4-9-18)28-16-19(14-24(28)30)27(33)34-21-11-7-10-20(15-21)29-25(31)22-12-5-6-13-23(22)26(29)32/h2-11,15,17,19,22-23H,12-14,16H2,1H3/t17-,19+,22-,23+/m1/s1. The number of ether oxygens (including phenoxy) is 1. The molecule has 5 rings (SSSR count). The van der Waals surface area contributed by atoms with Crippen molar-refractivity contribution >= 4 is 29.4 Å². The molecule has 0 aromatic heterocycles. The number of imide groups is 1. The van der Waals surface area contributed by atoms with Crippen molar-refractivity contribution in [1.29, 1.82) is 0 Å². The zero-order valence-electron chi connectivity index (χ0n) is 18.9. The van der Waals surface area contributed by atoms with Crippen molar-refractivity contribution in [3.05, 3.63) is 72.3 Å². The number of likely N-dealkylation sites (tertiary alicyclic amines) is 1. The molecule has 2 saturated heterocycles. The van der Waals surface area contributed by atoms with E-state index in [9.17, 15) is 19.2 Å². The molecular weight excluding hydrogens is 432 g/mol. The van der Waals surface area contributed by atoms with Crippen molar-refractivity contribution in [2.45, 2.75) is 32.2 Å². The highest BCUT2D eigenvalue weighted by molar-refractivity contribution is 6.22. The van der Waals surface area contributed by atoms with Gasteiger partial charge < -0.3 is 9.64 Å². The van der Waals surface area contributed by atoms with Crippen LogP contribution in [-0.2, 0) is 19.2 Å². The van der Waals surface area contributed by atoms with Gasteiger partial charge in [0.05, 0.1) is 29.5 Å². The summed E-state index contributed by atoms with van der Waals surface area (Å²) in [6.07, 6.45) is 5.11. The van der Waals surface area contributed by atoms with Gasteiger partial charge in [-0.05, 0) is 37.5 Å². The molecule has 7 heteroatoms. The molecule has 3 amide bonds. The van der Waals surface area contributed by atoms with E-state index in [4.69, 9.17) is 4.74 Å². The van der Waals surface area contributed by atoms with Crippen LogP contribution in [0.15, 0.2) is 66.7 Å². The highest BCUT2D eigenvalue weighted by Crippen LogP contribution is 2.38. The number of hydrogen-bond acceptors (Lipinski definition) is 5. The fourth-order valence-electron chi connectivity index (χ4n) is 5.12. The molecule has 2 aliphatic heterocycles. The van der Waals surface area contributed by atoms with Gasteiger partial charge in [-0.15, -0.1) is 0 Å². The van der Waals surface area contributed by atoms with E-state index in [2.05, 4.69) is 0 Å². The SMILES string of the molecule is C[C@H](c1ccccc1)N1C[C@@H](C(=O)Oc2cccc(N3C(=O)[C@H]4CC=CC[C@H]4C3=O)c2)CC1=O. The Balaban J connectivity index is 1.27. The Morgan fingerprint density at radius 1 is 0.941 bits per heavy atom. The van der Waals surface area contributed by atoms with Gasteiger partial charge in [-0.25, -0.2) is 4.90 Å². The lowest BCUT2D eigenvalue weighted by Gasteiger charge is -2.25. The molecule has 0 saturated carbocycles. The van der Waals surface area contributed by atoms with E-state index < -0.39 is 11.9 Å². The number of carbonyl (C=O) groups excluding carboxylic acids is 4. The van der Waals surface area contributed by atoms with E-state index in [1.165, 1.54) is 4.90 Å². The van der Waals surface area contributed by atoms with Gasteiger partial charge in [0.15, 0.2) is 0 Å². The molecule has 0 spiro atoms. The van der Waals surface area contributed by atoms with Crippen molar-refractivity contribution in [2.24, 2.45) is 17.8 Å². The van der Waals surface area contributed by atoms with Crippen molar-refractivity contribution in [1.82, 2.24) is 4.90 Å². The number of carbonyl (C=O) groups is 4. The van der Waals surface area contributed by atoms with Gasteiger partial charge in [0.2, 0.25) is 17.7 Å². The number of rotatable bonds is 5. The molecule has 7 nitrogen and oxygen atoms in total. The first kappa shape index (κ1) is 22.1. The van der Waals surface area contributed by atoms with Crippen LogP contribution >= 0.6 is 0 Å². The van der Waals surface area contributed by atoms with E-state index >= 15 is 0 Å². The number of benzene rings is 2. The largest absolute Gasteiger partial charge is 0.426 e. The van der Waals surface area contributed by atoms with Gasteiger partial charge in [0, 0.05) is 19.0 Å². The van der Waals surface area contributed by atoms with Crippen LogP contribution in [0.1, 0.15) is 37.8 Å². The number of nitrogens with zero attached hydrogens (tertiary/aromatic N) is 2. The lowest BCUT2D eigenvalue weighted by molar-refractivity contribution is -0.139. The van der Waals surface area contributed by atoms with Crippen LogP contribution < -0.4 is 9.64 Å². The maximum Gasteiger partial charge on any atom is 0.316 e. The monoisotopic (exact) mass is 458 g/mol. The van der Waals surface area contributed by atoms with Crippen molar-refractivity contribution in [3.8, 4) is 5.75 Å². The molecule has 34 heavy (non-hydrogen) atoms. The number of anilines is 1. The molecule has 1 aliphatic carbocycles. The van der Waals surface area contributed by atoms with Crippen LogP contribution in [0.3, 0.4) is 0 Å². The highest BCUT2D eigenvalue weighted by Gasteiger charge is 2.48. The predicted octanol–water partition coefficient (Wildman–Crippen LogP) is 3.66.